The van der Waals surface area contributed by atoms with Crippen molar-refractivity contribution in [1.29, 1.82) is 0 Å². The average Bonchev–Trinajstić information content (AvgIpc) is 3.10. The van der Waals surface area contributed by atoms with Gasteiger partial charge >= 0.3 is 5.97 Å². The van der Waals surface area contributed by atoms with E-state index < -0.39 is 23.8 Å². The molecule has 30 heavy (non-hydrogen) atoms. The van der Waals surface area contributed by atoms with E-state index >= 15 is 0 Å². The third-order valence-electron chi connectivity index (χ3n) is 5.27. The molecule has 6 heteroatoms. The van der Waals surface area contributed by atoms with Crippen LogP contribution in [0, 0.1) is 5.92 Å². The predicted octanol–water partition coefficient (Wildman–Crippen LogP) is 3.16. The molecule has 0 radical (unpaired) electrons. The highest BCUT2D eigenvalue weighted by Crippen LogP contribution is 2.27. The van der Waals surface area contributed by atoms with Gasteiger partial charge in [0.2, 0.25) is 0 Å². The second-order valence-corrected chi connectivity index (χ2v) is 7.16. The number of hydrogen-bond acceptors (Lipinski definition) is 4. The van der Waals surface area contributed by atoms with Crippen molar-refractivity contribution in [2.45, 2.75) is 13.0 Å². The lowest BCUT2D eigenvalue weighted by atomic mass is 10.0. The van der Waals surface area contributed by atoms with Crippen LogP contribution >= 0.6 is 0 Å². The van der Waals surface area contributed by atoms with E-state index in [2.05, 4.69) is 5.32 Å². The first-order chi connectivity index (χ1) is 14.6. The first-order valence-corrected chi connectivity index (χ1v) is 9.91. The second-order valence-electron chi connectivity index (χ2n) is 7.16. The van der Waals surface area contributed by atoms with Gasteiger partial charge in [-0.1, -0.05) is 48.5 Å². The number of hydrogen-bond donors (Lipinski definition) is 1. The Hall–Kier alpha value is -3.67. The van der Waals surface area contributed by atoms with Gasteiger partial charge in [0.15, 0.2) is 0 Å². The van der Waals surface area contributed by atoms with Gasteiger partial charge in [-0.2, -0.15) is 0 Å². The lowest BCUT2D eigenvalue weighted by Crippen LogP contribution is -2.46. The first kappa shape index (κ1) is 19.6. The highest BCUT2D eigenvalue weighted by Gasteiger charge is 2.46. The van der Waals surface area contributed by atoms with Crippen LogP contribution in [0.3, 0.4) is 0 Å². The Balaban J connectivity index is 1.60. The number of fused-ring (bicyclic) bond motifs is 1. The molecular formula is C24H22N2O4. The van der Waals surface area contributed by atoms with Gasteiger partial charge in [-0.05, 0) is 42.0 Å². The number of nitrogens with one attached hydrogen (secondary N) is 1. The van der Waals surface area contributed by atoms with Gasteiger partial charge in [-0.3, -0.25) is 14.4 Å². The molecule has 3 aromatic carbocycles. The third kappa shape index (κ3) is 3.76. The monoisotopic (exact) mass is 402 g/mol. The lowest BCUT2D eigenvalue weighted by Gasteiger charge is -2.17. The molecule has 1 fully saturated rings. The van der Waals surface area contributed by atoms with Crippen molar-refractivity contribution in [3.05, 3.63) is 78.4 Å². The number of nitrogens with zero attached hydrogens (tertiary/aromatic N) is 1. The zero-order valence-corrected chi connectivity index (χ0v) is 16.6. The zero-order chi connectivity index (χ0) is 21.1. The van der Waals surface area contributed by atoms with Crippen molar-refractivity contribution < 1.29 is 19.1 Å². The van der Waals surface area contributed by atoms with Crippen molar-refractivity contribution >= 4 is 34.2 Å². The van der Waals surface area contributed by atoms with Gasteiger partial charge in [0.05, 0.1) is 6.61 Å². The molecule has 0 aromatic heterocycles. The Bertz CT molecular complexity index is 1100. The van der Waals surface area contributed by atoms with E-state index in [4.69, 9.17) is 4.74 Å². The van der Waals surface area contributed by atoms with Gasteiger partial charge in [-0.25, -0.2) is 0 Å². The highest BCUT2D eigenvalue weighted by molar-refractivity contribution is 6.07. The molecule has 3 aromatic rings. The van der Waals surface area contributed by atoms with Crippen molar-refractivity contribution in [2.24, 2.45) is 5.92 Å². The van der Waals surface area contributed by atoms with Gasteiger partial charge in [0.1, 0.15) is 12.0 Å². The van der Waals surface area contributed by atoms with E-state index in [1.54, 1.807) is 31.2 Å². The van der Waals surface area contributed by atoms with Gasteiger partial charge in [0.25, 0.3) is 11.8 Å². The van der Waals surface area contributed by atoms with Crippen molar-refractivity contribution in [2.75, 3.05) is 18.1 Å². The average molecular weight is 402 g/mol. The number of anilines is 1. The molecule has 4 rings (SSSR count). The minimum absolute atomic E-state index is 0.157. The fourth-order valence-corrected chi connectivity index (χ4v) is 3.75. The van der Waals surface area contributed by atoms with E-state index in [0.717, 1.165) is 10.8 Å². The fourth-order valence-electron chi connectivity index (χ4n) is 3.75. The van der Waals surface area contributed by atoms with E-state index in [1.807, 2.05) is 48.5 Å². The number of carbonyl (C=O) groups is 3. The van der Waals surface area contributed by atoms with Gasteiger partial charge in [-0.15, -0.1) is 0 Å². The Morgan fingerprint density at radius 1 is 1.00 bits per heavy atom. The van der Waals surface area contributed by atoms with Gasteiger partial charge < -0.3 is 15.0 Å². The fraction of sp³-hybridized carbons (Fsp3) is 0.208. The molecule has 2 atom stereocenters. The molecule has 152 valence electrons. The molecule has 6 nitrogen and oxygen atoms in total. The number of rotatable bonds is 5. The molecule has 1 N–H and O–H groups in total. The molecular weight excluding hydrogens is 380 g/mol. The van der Waals surface area contributed by atoms with Gasteiger partial charge in [0, 0.05) is 17.8 Å². The molecule has 1 aliphatic rings. The number of benzene rings is 3. The maximum absolute atomic E-state index is 13.1. The Kier molecular flexibility index (Phi) is 5.48. The van der Waals surface area contributed by atoms with Crippen LogP contribution in [-0.4, -0.2) is 37.0 Å². The molecule has 2 amide bonds. The Labute approximate surface area is 174 Å². The van der Waals surface area contributed by atoms with Crippen LogP contribution in [-0.2, 0) is 14.3 Å². The normalized spacial score (nSPS) is 18.4. The number of amides is 2. The summed E-state index contributed by atoms with van der Waals surface area (Å²) in [4.78, 5) is 40.1. The minimum Gasteiger partial charge on any atom is -0.466 e. The van der Waals surface area contributed by atoms with Crippen molar-refractivity contribution in [3.8, 4) is 0 Å². The summed E-state index contributed by atoms with van der Waals surface area (Å²) < 4.78 is 5.16. The molecule has 0 saturated carbocycles. The summed E-state index contributed by atoms with van der Waals surface area (Å²) in [6.45, 7) is 2.08. The minimum atomic E-state index is -0.983. The van der Waals surface area contributed by atoms with E-state index in [0.29, 0.717) is 11.3 Å². The highest BCUT2D eigenvalue weighted by atomic mass is 16.5. The summed E-state index contributed by atoms with van der Waals surface area (Å²) in [6, 6.07) is 21.2. The van der Waals surface area contributed by atoms with Crippen LogP contribution in [0.5, 0.6) is 0 Å². The summed E-state index contributed by atoms with van der Waals surface area (Å²) in [5.74, 6) is -1.99. The molecule has 1 aliphatic heterocycles. The Morgan fingerprint density at radius 3 is 2.43 bits per heavy atom. The molecule has 0 spiro atoms. The second kappa shape index (κ2) is 8.37. The number of ether oxygens (including phenoxy) is 1. The maximum Gasteiger partial charge on any atom is 0.313 e. The quantitative estimate of drug-likeness (QED) is 0.665. The maximum atomic E-state index is 13.1. The first-order valence-electron chi connectivity index (χ1n) is 9.91. The van der Waals surface area contributed by atoms with E-state index in [-0.39, 0.29) is 19.1 Å². The smallest absolute Gasteiger partial charge is 0.313 e. The largest absolute Gasteiger partial charge is 0.466 e. The molecule has 0 bridgehead atoms. The van der Waals surface area contributed by atoms with Crippen LogP contribution in [0.4, 0.5) is 5.69 Å². The van der Waals surface area contributed by atoms with Crippen LogP contribution in [0.2, 0.25) is 0 Å². The summed E-state index contributed by atoms with van der Waals surface area (Å²) in [5.41, 5.74) is 1.11. The van der Waals surface area contributed by atoms with E-state index in [9.17, 15) is 14.4 Å². The predicted molar refractivity (Wildman–Crippen MR) is 114 cm³/mol. The zero-order valence-electron chi connectivity index (χ0n) is 16.6. The SMILES string of the molecule is CCOC(=O)C1CN(c2ccccc2)C(=O)C1NC(=O)c1ccc2ccccc2c1. The molecule has 0 aliphatic carbocycles. The van der Waals surface area contributed by atoms with E-state index in [1.165, 1.54) is 4.90 Å². The topological polar surface area (TPSA) is 75.7 Å². The van der Waals surface area contributed by atoms with Crippen molar-refractivity contribution in [1.82, 2.24) is 5.32 Å². The Morgan fingerprint density at radius 2 is 1.70 bits per heavy atom. The van der Waals surface area contributed by atoms with Crippen LogP contribution in [0.15, 0.2) is 72.8 Å². The number of esters is 1. The molecule has 1 heterocycles. The summed E-state index contributed by atoms with van der Waals surface area (Å²) in [6.07, 6.45) is 0. The lowest BCUT2D eigenvalue weighted by molar-refractivity contribution is -0.148. The molecule has 1 saturated heterocycles. The summed E-state index contributed by atoms with van der Waals surface area (Å²) in [5, 5.41) is 4.71. The molecule has 2 unspecified atom stereocenters. The van der Waals surface area contributed by atoms with Crippen LogP contribution in [0.1, 0.15) is 17.3 Å². The number of carbonyl (C=O) groups excluding carboxylic acids is 3. The van der Waals surface area contributed by atoms with Crippen LogP contribution < -0.4 is 10.2 Å². The third-order valence-corrected chi connectivity index (χ3v) is 5.27. The van der Waals surface area contributed by atoms with Crippen LogP contribution in [0.25, 0.3) is 10.8 Å². The standard InChI is InChI=1S/C24H22N2O4/c1-2-30-24(29)20-15-26(19-10-4-3-5-11-19)23(28)21(20)25-22(27)18-13-12-16-8-6-7-9-17(16)14-18/h3-14,20-21H,2,15H2,1H3,(H,25,27). The summed E-state index contributed by atoms with van der Waals surface area (Å²) in [7, 11) is 0. The van der Waals surface area contributed by atoms with Crippen molar-refractivity contribution in [3.63, 3.8) is 0 Å². The summed E-state index contributed by atoms with van der Waals surface area (Å²) >= 11 is 0. The number of para-hydroxylation sites is 1.